The van der Waals surface area contributed by atoms with Gasteiger partial charge in [0.05, 0.1) is 18.2 Å². The van der Waals surface area contributed by atoms with E-state index in [9.17, 15) is 13.2 Å². The van der Waals surface area contributed by atoms with Crippen LogP contribution in [0.3, 0.4) is 0 Å². The lowest BCUT2D eigenvalue weighted by molar-refractivity contribution is -0.137. The Morgan fingerprint density at radius 1 is 1.10 bits per heavy atom. The van der Waals surface area contributed by atoms with Crippen LogP contribution in [0.25, 0.3) is 16.9 Å². The summed E-state index contributed by atoms with van der Waals surface area (Å²) in [4.78, 5) is 14.5. The number of aromatic nitrogens is 6. The summed E-state index contributed by atoms with van der Waals surface area (Å²) >= 11 is 0. The molecule has 2 saturated heterocycles. The third-order valence-electron chi connectivity index (χ3n) is 8.57. The lowest BCUT2D eigenvalue weighted by atomic mass is 9.90. The molecule has 0 amide bonds. The zero-order chi connectivity index (χ0) is 29.1. The van der Waals surface area contributed by atoms with Crippen LogP contribution in [-0.4, -0.2) is 71.9 Å². The molecule has 2 aliphatic heterocycles. The molecule has 0 aliphatic carbocycles. The fourth-order valence-electron chi connectivity index (χ4n) is 6.65. The van der Waals surface area contributed by atoms with Crippen molar-refractivity contribution in [2.45, 2.75) is 84.4 Å². The predicted molar refractivity (Wildman–Crippen MR) is 150 cm³/mol. The van der Waals surface area contributed by atoms with Crippen molar-refractivity contribution in [2.75, 3.05) is 24.6 Å². The molecule has 41 heavy (non-hydrogen) atoms. The van der Waals surface area contributed by atoms with Crippen molar-refractivity contribution < 1.29 is 17.9 Å². The number of imidazole rings is 1. The van der Waals surface area contributed by atoms with Gasteiger partial charge in [0.25, 0.3) is 5.78 Å². The number of fused-ring (bicyclic) bond motifs is 3. The monoisotopic (exact) mass is 570 g/mol. The molecule has 0 bridgehead atoms. The number of ether oxygens (including phenoxy) is 1. The third kappa shape index (κ3) is 5.05. The molecule has 6 rings (SSSR count). The standard InChI is InChI=1S/C29H37F3N8O/c1-17(2)25(21-8-6-9-22(12-21)29(30,31)32)37-13-19(4)38(14-18(37)3)26-24-27(40-16-33-36-28(40)35-26)39(20(5)34-24)15-23-10-7-11-41-23/h6,8-9,12,16-19,23,25H,7,10-11,13-15H2,1-5H3/t18-,19+,23+,25?/m1/s1. The van der Waals surface area contributed by atoms with Gasteiger partial charge in [-0.2, -0.15) is 18.2 Å². The molecule has 12 heteroatoms. The molecule has 3 aromatic heterocycles. The molecule has 0 saturated carbocycles. The largest absolute Gasteiger partial charge is 0.416 e. The smallest absolute Gasteiger partial charge is 0.376 e. The molecule has 4 atom stereocenters. The highest BCUT2D eigenvalue weighted by Crippen LogP contribution is 2.38. The van der Waals surface area contributed by atoms with Gasteiger partial charge in [-0.3, -0.25) is 4.90 Å². The lowest BCUT2D eigenvalue weighted by Gasteiger charge is -2.49. The number of piperazine rings is 1. The molecule has 0 N–H and O–H groups in total. The minimum Gasteiger partial charge on any atom is -0.376 e. The SMILES string of the molecule is Cc1nc2c(N3C[C@@H](C)N(C(c4cccc(C(F)(F)F)c4)C(C)C)C[C@@H]3C)nc3nncn3c2n1C[C@@H]1CCCO1. The summed E-state index contributed by atoms with van der Waals surface area (Å²) in [5.41, 5.74) is 1.77. The average Bonchev–Trinajstić information content (AvgIpc) is 3.66. The van der Waals surface area contributed by atoms with Crippen LogP contribution in [0, 0.1) is 12.8 Å². The van der Waals surface area contributed by atoms with Gasteiger partial charge in [-0.15, -0.1) is 10.2 Å². The van der Waals surface area contributed by atoms with Crippen LogP contribution >= 0.6 is 0 Å². The second-order valence-electron chi connectivity index (χ2n) is 11.9. The van der Waals surface area contributed by atoms with E-state index in [4.69, 9.17) is 14.7 Å². The molecular formula is C29H37F3N8O. The van der Waals surface area contributed by atoms with Gasteiger partial charge in [0, 0.05) is 37.8 Å². The summed E-state index contributed by atoms with van der Waals surface area (Å²) in [5.74, 6) is 2.26. The third-order valence-corrected chi connectivity index (χ3v) is 8.57. The van der Waals surface area contributed by atoms with Crippen LogP contribution in [-0.2, 0) is 17.5 Å². The van der Waals surface area contributed by atoms with Crippen LogP contribution < -0.4 is 4.90 Å². The molecule has 4 aromatic rings. The number of halogens is 3. The number of hydrogen-bond donors (Lipinski definition) is 0. The molecular weight excluding hydrogens is 533 g/mol. The van der Waals surface area contributed by atoms with Crippen molar-refractivity contribution in [3.8, 4) is 0 Å². The Morgan fingerprint density at radius 3 is 2.61 bits per heavy atom. The van der Waals surface area contributed by atoms with Gasteiger partial charge in [0.15, 0.2) is 11.5 Å². The minimum absolute atomic E-state index is 0.0305. The molecule has 220 valence electrons. The second kappa shape index (κ2) is 10.5. The van der Waals surface area contributed by atoms with Gasteiger partial charge in [-0.1, -0.05) is 26.0 Å². The van der Waals surface area contributed by atoms with Crippen molar-refractivity contribution in [3.63, 3.8) is 0 Å². The van der Waals surface area contributed by atoms with Crippen molar-refractivity contribution in [2.24, 2.45) is 5.92 Å². The average molecular weight is 571 g/mol. The zero-order valence-corrected chi connectivity index (χ0v) is 24.1. The Labute approximate surface area is 237 Å². The molecule has 1 aromatic carbocycles. The summed E-state index contributed by atoms with van der Waals surface area (Å²) in [6.45, 7) is 13.2. The number of nitrogens with zero attached hydrogens (tertiary/aromatic N) is 8. The van der Waals surface area contributed by atoms with Crippen molar-refractivity contribution >= 4 is 22.8 Å². The van der Waals surface area contributed by atoms with E-state index < -0.39 is 11.7 Å². The first kappa shape index (κ1) is 27.9. The quantitative estimate of drug-likeness (QED) is 0.312. The molecule has 0 spiro atoms. The highest BCUT2D eigenvalue weighted by Gasteiger charge is 2.38. The number of benzene rings is 1. The summed E-state index contributed by atoms with van der Waals surface area (Å²) in [6, 6.07) is 5.71. The van der Waals surface area contributed by atoms with Gasteiger partial charge >= 0.3 is 6.18 Å². The van der Waals surface area contributed by atoms with E-state index in [1.807, 2.05) is 17.4 Å². The first-order valence-electron chi connectivity index (χ1n) is 14.4. The molecule has 2 fully saturated rings. The Hall–Kier alpha value is -3.25. The Morgan fingerprint density at radius 2 is 1.90 bits per heavy atom. The van der Waals surface area contributed by atoms with Gasteiger partial charge < -0.3 is 14.2 Å². The van der Waals surface area contributed by atoms with Crippen molar-refractivity contribution in [1.29, 1.82) is 0 Å². The van der Waals surface area contributed by atoms with Crippen LogP contribution in [0.5, 0.6) is 0 Å². The van der Waals surface area contributed by atoms with Crippen LogP contribution in [0.4, 0.5) is 19.0 Å². The second-order valence-corrected chi connectivity index (χ2v) is 11.9. The van der Waals surface area contributed by atoms with Crippen LogP contribution in [0.1, 0.15) is 63.5 Å². The number of hydrogen-bond acceptors (Lipinski definition) is 7. The molecule has 0 radical (unpaired) electrons. The van der Waals surface area contributed by atoms with E-state index in [0.717, 1.165) is 48.3 Å². The lowest BCUT2D eigenvalue weighted by Crippen LogP contribution is -2.58. The maximum absolute atomic E-state index is 13.6. The summed E-state index contributed by atoms with van der Waals surface area (Å²) < 4.78 is 50.7. The van der Waals surface area contributed by atoms with E-state index in [0.29, 0.717) is 31.0 Å². The van der Waals surface area contributed by atoms with E-state index in [2.05, 4.69) is 52.3 Å². The maximum Gasteiger partial charge on any atom is 0.416 e. The van der Waals surface area contributed by atoms with Crippen LogP contribution in [0.15, 0.2) is 30.6 Å². The van der Waals surface area contributed by atoms with E-state index >= 15 is 0 Å². The number of anilines is 1. The summed E-state index contributed by atoms with van der Waals surface area (Å²) in [6.07, 6.45) is -0.489. The van der Waals surface area contributed by atoms with Gasteiger partial charge in [-0.05, 0) is 57.2 Å². The Balaban J connectivity index is 1.35. The topological polar surface area (TPSA) is 76.6 Å². The van der Waals surface area contributed by atoms with Gasteiger partial charge in [0.1, 0.15) is 17.7 Å². The zero-order valence-electron chi connectivity index (χ0n) is 24.1. The fraction of sp³-hybridized carbons (Fsp3) is 0.586. The van der Waals surface area contributed by atoms with E-state index in [1.165, 1.54) is 12.1 Å². The predicted octanol–water partition coefficient (Wildman–Crippen LogP) is 5.28. The van der Waals surface area contributed by atoms with Crippen molar-refractivity contribution in [3.05, 3.63) is 47.5 Å². The normalized spacial score (nSPS) is 23.3. The Kier molecular flexibility index (Phi) is 7.17. The van der Waals surface area contributed by atoms with Crippen molar-refractivity contribution in [1.82, 2.24) is 34.0 Å². The first-order valence-corrected chi connectivity index (χ1v) is 14.4. The highest BCUT2D eigenvalue weighted by molar-refractivity contribution is 5.87. The first-order chi connectivity index (χ1) is 19.5. The van der Waals surface area contributed by atoms with E-state index in [-0.39, 0.29) is 30.1 Å². The number of aryl methyl sites for hydroxylation is 1. The maximum atomic E-state index is 13.6. The minimum atomic E-state index is -4.38. The molecule has 5 heterocycles. The molecule has 1 unspecified atom stereocenters. The van der Waals surface area contributed by atoms with Gasteiger partial charge in [-0.25, -0.2) is 9.38 Å². The highest BCUT2D eigenvalue weighted by atomic mass is 19.4. The Bertz CT molecular complexity index is 1540. The molecule has 9 nitrogen and oxygen atoms in total. The fourth-order valence-corrected chi connectivity index (χ4v) is 6.65. The molecule has 2 aliphatic rings. The number of alkyl halides is 3. The summed E-state index contributed by atoms with van der Waals surface area (Å²) in [5, 5.41) is 8.42. The summed E-state index contributed by atoms with van der Waals surface area (Å²) in [7, 11) is 0. The number of rotatable bonds is 6. The van der Waals surface area contributed by atoms with E-state index in [1.54, 1.807) is 6.33 Å². The van der Waals surface area contributed by atoms with Crippen LogP contribution in [0.2, 0.25) is 0 Å². The van der Waals surface area contributed by atoms with Gasteiger partial charge in [0.2, 0.25) is 0 Å².